The molecule has 3 heterocycles. The molecule has 2 saturated heterocycles. The first-order valence-corrected chi connectivity index (χ1v) is 8.81. The number of nitrogens with one attached hydrogen (secondary N) is 1. The molecule has 2 aliphatic rings. The largest absolute Gasteiger partial charge is 0.351 e. The summed E-state index contributed by atoms with van der Waals surface area (Å²) in [6.45, 7) is 4.07. The van der Waals surface area contributed by atoms with Crippen molar-refractivity contribution >= 4 is 32.7 Å². The monoisotopic (exact) mass is 361 g/mol. The lowest BCUT2D eigenvalue weighted by atomic mass is 10.2. The van der Waals surface area contributed by atoms with E-state index in [1.54, 1.807) is 0 Å². The van der Waals surface area contributed by atoms with Gasteiger partial charge in [0.2, 0.25) is 0 Å². The number of aromatic amines is 1. The number of amides is 1. The third kappa shape index (κ3) is 2.57. The molecule has 0 bridgehead atoms. The summed E-state index contributed by atoms with van der Waals surface area (Å²) < 4.78 is 1.04. The van der Waals surface area contributed by atoms with Crippen molar-refractivity contribution < 1.29 is 4.79 Å². The Morgan fingerprint density at radius 1 is 1.18 bits per heavy atom. The van der Waals surface area contributed by atoms with Crippen molar-refractivity contribution in [3.63, 3.8) is 0 Å². The molecule has 0 unspecified atom stereocenters. The van der Waals surface area contributed by atoms with Crippen molar-refractivity contribution in [3.8, 4) is 0 Å². The molecule has 1 N–H and O–H groups in total. The fourth-order valence-corrected chi connectivity index (χ4v) is 4.16. The maximum atomic E-state index is 12.9. The van der Waals surface area contributed by atoms with Crippen molar-refractivity contribution in [1.82, 2.24) is 14.8 Å². The predicted octanol–water partition coefficient (Wildman–Crippen LogP) is 3.24. The van der Waals surface area contributed by atoms with Gasteiger partial charge in [-0.05, 0) is 50.1 Å². The molecule has 0 spiro atoms. The molecular formula is C17H20BrN3O. The van der Waals surface area contributed by atoms with Gasteiger partial charge in [-0.15, -0.1) is 0 Å². The maximum absolute atomic E-state index is 12.9. The van der Waals surface area contributed by atoms with Crippen molar-refractivity contribution in [1.29, 1.82) is 0 Å². The van der Waals surface area contributed by atoms with Crippen molar-refractivity contribution in [2.75, 3.05) is 26.2 Å². The Morgan fingerprint density at radius 3 is 2.95 bits per heavy atom. The minimum Gasteiger partial charge on any atom is -0.351 e. The van der Waals surface area contributed by atoms with Gasteiger partial charge >= 0.3 is 0 Å². The topological polar surface area (TPSA) is 39.3 Å². The fourth-order valence-electron chi connectivity index (χ4n) is 3.78. The zero-order chi connectivity index (χ0) is 15.1. The second-order valence-electron chi connectivity index (χ2n) is 6.35. The fraction of sp³-hybridized carbons (Fsp3) is 0.471. The van der Waals surface area contributed by atoms with Gasteiger partial charge < -0.3 is 9.88 Å². The summed E-state index contributed by atoms with van der Waals surface area (Å²) in [5.74, 6) is 0.140. The molecule has 1 aromatic heterocycles. The Bertz CT molecular complexity index is 711. The number of hydrogen-bond donors (Lipinski definition) is 1. The van der Waals surface area contributed by atoms with Gasteiger partial charge in [0, 0.05) is 41.1 Å². The summed E-state index contributed by atoms with van der Waals surface area (Å²) in [6, 6.07) is 8.58. The average Bonchev–Trinajstić information content (AvgIpc) is 3.07. The summed E-state index contributed by atoms with van der Waals surface area (Å²) in [4.78, 5) is 20.7. The number of halogens is 1. The van der Waals surface area contributed by atoms with Gasteiger partial charge in [0.25, 0.3) is 5.91 Å². The van der Waals surface area contributed by atoms with Gasteiger partial charge in [-0.25, -0.2) is 0 Å². The van der Waals surface area contributed by atoms with Gasteiger partial charge in [-0.2, -0.15) is 0 Å². The van der Waals surface area contributed by atoms with Crippen LogP contribution in [0, 0.1) is 0 Å². The SMILES string of the molecule is O=C(c1cc2cc(Br)ccc2[nH]1)N1CCCN2CCC[C@H]2C1. The molecule has 0 saturated carbocycles. The van der Waals surface area contributed by atoms with E-state index in [0.29, 0.717) is 11.7 Å². The van der Waals surface area contributed by atoms with E-state index in [4.69, 9.17) is 0 Å². The highest BCUT2D eigenvalue weighted by molar-refractivity contribution is 9.10. The van der Waals surface area contributed by atoms with E-state index in [1.165, 1.54) is 19.4 Å². The number of aromatic nitrogens is 1. The van der Waals surface area contributed by atoms with Gasteiger partial charge in [-0.1, -0.05) is 15.9 Å². The Morgan fingerprint density at radius 2 is 2.05 bits per heavy atom. The van der Waals surface area contributed by atoms with Crippen molar-refractivity contribution in [3.05, 3.63) is 34.4 Å². The molecule has 4 nitrogen and oxygen atoms in total. The summed E-state index contributed by atoms with van der Waals surface area (Å²) in [7, 11) is 0. The highest BCUT2D eigenvalue weighted by Crippen LogP contribution is 2.24. The lowest BCUT2D eigenvalue weighted by Gasteiger charge is -2.25. The minimum absolute atomic E-state index is 0.140. The van der Waals surface area contributed by atoms with Gasteiger partial charge in [0.1, 0.15) is 5.69 Å². The summed E-state index contributed by atoms with van der Waals surface area (Å²) >= 11 is 3.48. The number of rotatable bonds is 1. The molecule has 22 heavy (non-hydrogen) atoms. The second kappa shape index (κ2) is 5.70. The Kier molecular flexibility index (Phi) is 3.70. The van der Waals surface area contributed by atoms with Crippen LogP contribution in [0.5, 0.6) is 0 Å². The van der Waals surface area contributed by atoms with E-state index < -0.39 is 0 Å². The molecule has 1 amide bonds. The molecule has 116 valence electrons. The van der Waals surface area contributed by atoms with Crippen LogP contribution in [0.2, 0.25) is 0 Å². The van der Waals surface area contributed by atoms with Crippen LogP contribution in [-0.4, -0.2) is 52.9 Å². The van der Waals surface area contributed by atoms with Crippen LogP contribution in [0.1, 0.15) is 29.8 Å². The van der Waals surface area contributed by atoms with Gasteiger partial charge in [0.05, 0.1) is 0 Å². The zero-order valence-electron chi connectivity index (χ0n) is 12.5. The summed E-state index contributed by atoms with van der Waals surface area (Å²) in [6.07, 6.45) is 3.57. The summed E-state index contributed by atoms with van der Waals surface area (Å²) in [5.41, 5.74) is 1.73. The minimum atomic E-state index is 0.140. The van der Waals surface area contributed by atoms with Crippen LogP contribution < -0.4 is 0 Å². The van der Waals surface area contributed by atoms with Crippen molar-refractivity contribution in [2.24, 2.45) is 0 Å². The molecule has 5 heteroatoms. The first kappa shape index (κ1) is 14.3. The Labute approximate surface area is 138 Å². The molecule has 0 aliphatic carbocycles. The molecule has 2 aliphatic heterocycles. The van der Waals surface area contributed by atoms with Gasteiger partial charge in [-0.3, -0.25) is 9.69 Å². The third-order valence-corrected chi connectivity index (χ3v) is 5.40. The van der Waals surface area contributed by atoms with E-state index in [9.17, 15) is 4.79 Å². The summed E-state index contributed by atoms with van der Waals surface area (Å²) in [5, 5.41) is 1.08. The third-order valence-electron chi connectivity index (χ3n) is 4.90. The molecule has 2 fully saturated rings. The van der Waals surface area contributed by atoms with E-state index in [-0.39, 0.29) is 5.91 Å². The van der Waals surface area contributed by atoms with E-state index in [2.05, 4.69) is 25.8 Å². The second-order valence-corrected chi connectivity index (χ2v) is 7.27. The molecule has 1 atom stereocenters. The quantitative estimate of drug-likeness (QED) is 0.846. The number of H-pyrrole nitrogens is 1. The molecule has 2 aromatic rings. The lowest BCUT2D eigenvalue weighted by Crippen LogP contribution is -2.39. The van der Waals surface area contributed by atoms with Crippen LogP contribution in [0.25, 0.3) is 10.9 Å². The van der Waals surface area contributed by atoms with Crippen LogP contribution in [0.3, 0.4) is 0 Å². The average molecular weight is 362 g/mol. The highest BCUT2D eigenvalue weighted by atomic mass is 79.9. The maximum Gasteiger partial charge on any atom is 0.270 e. The molecule has 0 radical (unpaired) electrons. The van der Waals surface area contributed by atoms with Gasteiger partial charge in [0.15, 0.2) is 0 Å². The van der Waals surface area contributed by atoms with Crippen LogP contribution in [0.15, 0.2) is 28.7 Å². The number of hydrogen-bond acceptors (Lipinski definition) is 2. The van der Waals surface area contributed by atoms with E-state index >= 15 is 0 Å². The number of fused-ring (bicyclic) bond motifs is 2. The molecule has 4 rings (SSSR count). The normalized spacial score (nSPS) is 22.8. The molecule has 1 aromatic carbocycles. The zero-order valence-corrected chi connectivity index (χ0v) is 14.1. The van der Waals surface area contributed by atoms with Crippen LogP contribution in [0.4, 0.5) is 0 Å². The van der Waals surface area contributed by atoms with Crippen LogP contribution in [-0.2, 0) is 0 Å². The first-order chi connectivity index (χ1) is 10.7. The first-order valence-electron chi connectivity index (χ1n) is 8.02. The standard InChI is InChI=1S/C17H20BrN3O/c18-13-4-5-15-12(9-13)10-16(19-15)17(22)21-8-2-7-20-6-1-3-14(20)11-21/h4-5,9-10,14,19H,1-3,6-8,11H2/t14-/m0/s1. The van der Waals surface area contributed by atoms with Crippen LogP contribution >= 0.6 is 15.9 Å². The number of carbonyl (C=O) groups excluding carboxylic acids is 1. The van der Waals surface area contributed by atoms with Crippen molar-refractivity contribution in [2.45, 2.75) is 25.3 Å². The number of benzene rings is 1. The predicted molar refractivity (Wildman–Crippen MR) is 91.1 cm³/mol. The smallest absolute Gasteiger partial charge is 0.270 e. The van der Waals surface area contributed by atoms with E-state index in [1.807, 2.05) is 29.2 Å². The Hall–Kier alpha value is -1.33. The number of carbonyl (C=O) groups is 1. The highest BCUT2D eigenvalue weighted by Gasteiger charge is 2.31. The number of nitrogens with zero attached hydrogens (tertiary/aromatic N) is 2. The molecular weight excluding hydrogens is 342 g/mol. The lowest BCUT2D eigenvalue weighted by molar-refractivity contribution is 0.0738. The van der Waals surface area contributed by atoms with E-state index in [0.717, 1.165) is 41.4 Å². The Balaban J connectivity index is 1.59.